The van der Waals surface area contributed by atoms with Gasteiger partial charge in [-0.05, 0) is 257 Å². The van der Waals surface area contributed by atoms with Crippen molar-refractivity contribution < 1.29 is 81.5 Å². The smallest absolute Gasteiger partial charge is 0.242 e. The van der Waals surface area contributed by atoms with Crippen LogP contribution in [0.1, 0.15) is 307 Å². The van der Waals surface area contributed by atoms with Crippen molar-refractivity contribution in [3.8, 4) is 0 Å². The number of rotatable bonds is 78. The number of carbonyl (C=O) groups is 17. The van der Waals surface area contributed by atoms with Crippen molar-refractivity contribution in [2.24, 2.45) is 34.4 Å². The fourth-order valence-corrected chi connectivity index (χ4v) is 15.9. The monoisotopic (exact) mass is 2010 g/mol. The van der Waals surface area contributed by atoms with E-state index in [0.29, 0.717) is 148 Å². The fraction of sp³-hybridized carbons (Fsp3) is 0.833. The summed E-state index contributed by atoms with van der Waals surface area (Å²) in [6.07, 6.45) is 9.90. The second kappa shape index (κ2) is 72.9. The molecule has 0 heterocycles. The summed E-state index contributed by atoms with van der Waals surface area (Å²) in [6.45, 7) is 38.5. The van der Waals surface area contributed by atoms with Gasteiger partial charge in [-0.2, -0.15) is 0 Å². The van der Waals surface area contributed by atoms with Gasteiger partial charge in [-0.1, -0.05) is 83.1 Å². The summed E-state index contributed by atoms with van der Waals surface area (Å²) in [5.41, 5.74) is 35.4. The molecule has 0 saturated carbocycles. The van der Waals surface area contributed by atoms with Crippen LogP contribution in [0.25, 0.3) is 0 Å². The maximum absolute atomic E-state index is 15.2. The number of nitrogens with two attached hydrogens (primary N) is 6. The molecule has 820 valence electrons. The van der Waals surface area contributed by atoms with Gasteiger partial charge in [0.25, 0.3) is 0 Å². The van der Waals surface area contributed by atoms with Crippen LogP contribution >= 0.6 is 0 Å². The molecule has 0 bridgehead atoms. The number of nitrogens with one attached hydrogen (secondary N) is 1. The first-order valence-electron chi connectivity index (χ1n) is 53.3. The van der Waals surface area contributed by atoms with Crippen LogP contribution in [0.2, 0.25) is 0 Å². The Morgan fingerprint density at radius 1 is 0.183 bits per heavy atom. The van der Waals surface area contributed by atoms with Crippen LogP contribution in [-0.2, 0) is 81.5 Å². The quantitative estimate of drug-likeness (QED) is 0.0409. The standard InChI is InChI=1S/C102H195N23O17/c1-25-74(13)109-57-87(127)116(76(15)27-3)64-88(128)110(52-42-37-47-103)59-94(134)122(82(21)33-9)70-99(139)118(78(17)29-5)66-90(130)112(54-44-39-49-105)61-96(136)124(84(23)35-11)72-101(141)120(80(19)31-7)68-92(132)114(56-46-41-51-107)63-97(137)125(85(24)36-12)73-102(142)119(79(18)30-6)67-91(131)113(55-45-40-50-106)62-95(135)123(83(22)34-10)71-100(140)117(77(16)28-4)65-89(129)111(53-43-38-48-104)60-93(133)121(81(20)32-8)69-98(138)115(58-86(108)126)75(14)26-2/h74-85,109H,25-73,103-107H2,1-24H3,(H2,108,126)/t74-,75-,76-,77-,78-,79-,80-,81-,82-,83-,84-,85-/m1/s1. The first-order chi connectivity index (χ1) is 67.2. The van der Waals surface area contributed by atoms with Gasteiger partial charge < -0.3 is 118 Å². The number of amides is 17. The molecule has 0 aliphatic heterocycles. The van der Waals surface area contributed by atoms with Gasteiger partial charge in [0.2, 0.25) is 100 Å². The summed E-state index contributed by atoms with van der Waals surface area (Å²) >= 11 is 0. The minimum atomic E-state index is -0.710. The van der Waals surface area contributed by atoms with Crippen LogP contribution in [0.15, 0.2) is 0 Å². The molecule has 17 amide bonds. The first kappa shape index (κ1) is 133. The van der Waals surface area contributed by atoms with Crippen molar-refractivity contribution in [1.29, 1.82) is 0 Å². The van der Waals surface area contributed by atoms with E-state index in [9.17, 15) is 43.2 Å². The molecule has 0 fully saturated rings. The van der Waals surface area contributed by atoms with Gasteiger partial charge in [-0.3, -0.25) is 81.5 Å². The molecule has 0 aliphatic rings. The van der Waals surface area contributed by atoms with Gasteiger partial charge in [0.05, 0.1) is 45.8 Å². The molecule has 40 nitrogen and oxygen atoms in total. The molecular weight excluding hydrogens is 1820 g/mol. The van der Waals surface area contributed by atoms with Gasteiger partial charge in [-0.15, -0.1) is 0 Å². The Balaban J connectivity index is 7.59. The van der Waals surface area contributed by atoms with Crippen molar-refractivity contribution in [3.05, 3.63) is 0 Å². The second-order valence-corrected chi connectivity index (χ2v) is 38.8. The summed E-state index contributed by atoms with van der Waals surface area (Å²) in [5.74, 6) is -9.38. The van der Waals surface area contributed by atoms with E-state index < -0.39 is 227 Å². The molecule has 0 aromatic heterocycles. The molecule has 0 aromatic rings. The lowest BCUT2D eigenvalue weighted by atomic mass is 10.1. The highest BCUT2D eigenvalue weighted by Gasteiger charge is 2.40. The van der Waals surface area contributed by atoms with Gasteiger partial charge in [-0.25, -0.2) is 0 Å². The van der Waals surface area contributed by atoms with Crippen LogP contribution in [-0.4, -0.2) is 428 Å². The lowest BCUT2D eigenvalue weighted by Gasteiger charge is -2.37. The molecule has 12 atom stereocenters. The van der Waals surface area contributed by atoms with E-state index in [1.807, 2.05) is 96.9 Å². The molecule has 0 saturated heterocycles. The normalized spacial score (nSPS) is 13.8. The van der Waals surface area contributed by atoms with E-state index in [2.05, 4.69) is 5.32 Å². The SMILES string of the molecule is CC[C@@H](C)NCC(=O)N(CC(=O)N(CCCCN)CC(=O)N(CC(=O)N(CC(=O)N(CCCCN)CC(=O)N(CC(=O)N(CC(=O)N(CCCCN)CC(=O)N(CC(=O)N(CC(=O)N(CCCCN)CC(=O)N(CC(=O)N(CC(=O)N(CCCCN)CC(=O)N(CC(=O)N(CC(N)=O)[C@H](C)CC)[C@H](C)CC)[C@H](C)CC)[C@H](C)CC)[C@H](C)CC)[C@H](C)CC)[C@H](C)CC)[C@H](C)CC)[C@H](C)CC)[C@H](C)CC)[C@H](C)CC. The van der Waals surface area contributed by atoms with Crippen molar-refractivity contribution in [2.45, 2.75) is 380 Å². The van der Waals surface area contributed by atoms with Gasteiger partial charge in [0.1, 0.15) is 65.4 Å². The minimum Gasteiger partial charge on any atom is -0.368 e. The van der Waals surface area contributed by atoms with E-state index >= 15 is 38.4 Å². The van der Waals surface area contributed by atoms with Gasteiger partial charge in [0.15, 0.2) is 0 Å². The fourth-order valence-electron chi connectivity index (χ4n) is 15.9. The predicted molar refractivity (Wildman–Crippen MR) is 557 cm³/mol. The van der Waals surface area contributed by atoms with Crippen molar-refractivity contribution in [3.63, 3.8) is 0 Å². The molecule has 13 N–H and O–H groups in total. The third-order valence-electron chi connectivity index (χ3n) is 28.3. The third-order valence-corrected chi connectivity index (χ3v) is 28.3. The number of carbonyl (C=O) groups excluding carboxylic acids is 17. The van der Waals surface area contributed by atoms with Crippen molar-refractivity contribution in [2.75, 3.05) is 177 Å². The molecule has 0 unspecified atom stereocenters. The van der Waals surface area contributed by atoms with Crippen molar-refractivity contribution in [1.82, 2.24) is 83.7 Å². The molecule has 0 aromatic carbocycles. The summed E-state index contributed by atoms with van der Waals surface area (Å²) < 4.78 is 0. The highest BCUT2D eigenvalue weighted by molar-refractivity contribution is 5.97. The molecule has 142 heavy (non-hydrogen) atoms. The van der Waals surface area contributed by atoms with Crippen LogP contribution in [0.4, 0.5) is 0 Å². The Morgan fingerprint density at radius 3 is 0.451 bits per heavy atom. The van der Waals surface area contributed by atoms with E-state index in [1.54, 1.807) is 69.2 Å². The molecule has 0 aliphatic carbocycles. The van der Waals surface area contributed by atoms with Crippen LogP contribution in [0.5, 0.6) is 0 Å². The second-order valence-electron chi connectivity index (χ2n) is 38.8. The van der Waals surface area contributed by atoms with Gasteiger partial charge in [0, 0.05) is 105 Å². The summed E-state index contributed by atoms with van der Waals surface area (Å²) in [6, 6.07) is -5.55. The van der Waals surface area contributed by atoms with Crippen LogP contribution < -0.4 is 39.7 Å². The minimum absolute atomic E-state index is 0.0255. The zero-order valence-corrected chi connectivity index (χ0v) is 92.1. The third kappa shape index (κ3) is 46.9. The van der Waals surface area contributed by atoms with E-state index in [0.717, 1.165) is 6.42 Å². The van der Waals surface area contributed by atoms with Gasteiger partial charge >= 0.3 is 0 Å². The Bertz CT molecular complexity index is 3770. The number of hydrogen-bond acceptors (Lipinski definition) is 23. The number of nitrogens with zero attached hydrogens (tertiary/aromatic N) is 16. The maximum Gasteiger partial charge on any atom is 0.242 e. The average molecular weight is 2020 g/mol. The Morgan fingerprint density at radius 2 is 0.317 bits per heavy atom. The highest BCUT2D eigenvalue weighted by atomic mass is 16.2. The first-order valence-corrected chi connectivity index (χ1v) is 53.3. The Labute approximate surface area is 852 Å². The summed E-state index contributed by atoms with van der Waals surface area (Å²) in [4.78, 5) is 271. The lowest BCUT2D eigenvalue weighted by Crippen LogP contribution is -2.56. The highest BCUT2D eigenvalue weighted by Crippen LogP contribution is 2.22. The number of primary amides is 1. The van der Waals surface area contributed by atoms with E-state index in [4.69, 9.17) is 34.4 Å². The van der Waals surface area contributed by atoms with E-state index in [-0.39, 0.29) is 109 Å². The predicted octanol–water partition coefficient (Wildman–Crippen LogP) is 4.60. The number of unbranched alkanes of at least 4 members (excludes halogenated alkanes) is 5. The van der Waals surface area contributed by atoms with Crippen LogP contribution in [0, 0.1) is 0 Å². The number of hydrogen-bond donors (Lipinski definition) is 7. The summed E-state index contributed by atoms with van der Waals surface area (Å²) in [7, 11) is 0. The zero-order valence-electron chi connectivity index (χ0n) is 92.1. The lowest BCUT2D eigenvalue weighted by molar-refractivity contribution is -0.152. The maximum atomic E-state index is 15.2. The molecule has 0 rings (SSSR count). The average Bonchev–Trinajstić information content (AvgIpc) is 0.846. The van der Waals surface area contributed by atoms with Crippen LogP contribution in [0.3, 0.4) is 0 Å². The zero-order chi connectivity index (χ0) is 108. The molecule has 0 spiro atoms. The topological polar surface area (TPSA) is 510 Å². The van der Waals surface area contributed by atoms with E-state index in [1.165, 1.54) is 78.4 Å². The largest absolute Gasteiger partial charge is 0.368 e. The molecule has 40 heteroatoms. The Hall–Kier alpha value is -9.25. The molecule has 0 radical (unpaired) electrons. The summed E-state index contributed by atoms with van der Waals surface area (Å²) in [5, 5.41) is 3.22. The molecular formula is C102H195N23O17. The van der Waals surface area contributed by atoms with Crippen molar-refractivity contribution >= 4 is 100 Å². The Kier molecular flexibility index (Phi) is 68.2.